The number of rotatable bonds is 4. The molecule has 0 bridgehead atoms. The Bertz CT molecular complexity index is 566. The molecule has 0 N–H and O–H groups in total. The van der Waals surface area contributed by atoms with Crippen LogP contribution in [0.4, 0.5) is 0 Å². The topological polar surface area (TPSA) is 57.0 Å². The molecule has 0 amide bonds. The standard InChI is InChI=1S/C13H14BrN3O2/c1-3-19-13(18)12(14)9-4-5-11(15-6-9)10-7-16-17(2)8-10/h4-8,12H,3H2,1-2H3. The number of hydrogen-bond donors (Lipinski definition) is 0. The quantitative estimate of drug-likeness (QED) is 0.640. The highest BCUT2D eigenvalue weighted by molar-refractivity contribution is 9.09. The summed E-state index contributed by atoms with van der Waals surface area (Å²) in [7, 11) is 1.85. The van der Waals surface area contributed by atoms with Crippen LogP contribution < -0.4 is 0 Å². The molecule has 1 atom stereocenters. The third kappa shape index (κ3) is 3.20. The minimum absolute atomic E-state index is 0.307. The summed E-state index contributed by atoms with van der Waals surface area (Å²) in [5.41, 5.74) is 2.53. The molecule has 2 rings (SSSR count). The Morgan fingerprint density at radius 3 is 2.79 bits per heavy atom. The van der Waals surface area contributed by atoms with E-state index in [1.165, 1.54) is 0 Å². The van der Waals surface area contributed by atoms with Gasteiger partial charge in [0, 0.05) is 25.0 Å². The van der Waals surface area contributed by atoms with Gasteiger partial charge in [-0.05, 0) is 18.6 Å². The molecular formula is C13H14BrN3O2. The van der Waals surface area contributed by atoms with Crippen molar-refractivity contribution in [2.75, 3.05) is 6.61 Å². The minimum atomic E-state index is -0.483. The molecule has 0 spiro atoms. The van der Waals surface area contributed by atoms with E-state index in [4.69, 9.17) is 4.74 Å². The van der Waals surface area contributed by atoms with E-state index in [0.29, 0.717) is 6.61 Å². The molecule has 2 aromatic heterocycles. The monoisotopic (exact) mass is 323 g/mol. The number of hydrogen-bond acceptors (Lipinski definition) is 4. The first-order valence-electron chi connectivity index (χ1n) is 5.87. The molecule has 0 aliphatic heterocycles. The number of esters is 1. The van der Waals surface area contributed by atoms with E-state index >= 15 is 0 Å². The van der Waals surface area contributed by atoms with E-state index in [1.54, 1.807) is 24.0 Å². The Morgan fingerprint density at radius 1 is 1.47 bits per heavy atom. The Labute approximate surface area is 119 Å². The van der Waals surface area contributed by atoms with Gasteiger partial charge in [0.15, 0.2) is 0 Å². The van der Waals surface area contributed by atoms with Gasteiger partial charge in [-0.1, -0.05) is 22.0 Å². The van der Waals surface area contributed by atoms with Crippen LogP contribution in [0.25, 0.3) is 11.3 Å². The zero-order chi connectivity index (χ0) is 13.8. The van der Waals surface area contributed by atoms with Gasteiger partial charge in [-0.3, -0.25) is 14.5 Å². The highest BCUT2D eigenvalue weighted by Crippen LogP contribution is 2.25. The minimum Gasteiger partial charge on any atom is -0.465 e. The van der Waals surface area contributed by atoms with Crippen LogP contribution in [0.2, 0.25) is 0 Å². The van der Waals surface area contributed by atoms with Crippen molar-refractivity contribution in [3.63, 3.8) is 0 Å². The lowest BCUT2D eigenvalue weighted by Gasteiger charge is -2.09. The summed E-state index contributed by atoms with van der Waals surface area (Å²) in [6.45, 7) is 2.14. The number of carbonyl (C=O) groups is 1. The number of halogens is 1. The highest BCUT2D eigenvalue weighted by Gasteiger charge is 2.18. The molecule has 0 aromatic carbocycles. The maximum absolute atomic E-state index is 11.6. The normalized spacial score (nSPS) is 12.2. The van der Waals surface area contributed by atoms with Crippen LogP contribution in [0.5, 0.6) is 0 Å². The van der Waals surface area contributed by atoms with Crippen molar-refractivity contribution in [3.8, 4) is 11.3 Å². The molecule has 2 heterocycles. The zero-order valence-corrected chi connectivity index (χ0v) is 12.3. The van der Waals surface area contributed by atoms with E-state index in [1.807, 2.05) is 25.4 Å². The molecule has 0 fully saturated rings. The van der Waals surface area contributed by atoms with Gasteiger partial charge in [0.05, 0.1) is 18.5 Å². The predicted octanol–water partition coefficient (Wildman–Crippen LogP) is 2.48. The molecule has 100 valence electrons. The number of carbonyl (C=O) groups excluding carboxylic acids is 1. The van der Waals surface area contributed by atoms with Crippen LogP contribution in [-0.2, 0) is 16.6 Å². The molecule has 0 saturated heterocycles. The van der Waals surface area contributed by atoms with Gasteiger partial charge in [0.1, 0.15) is 4.83 Å². The van der Waals surface area contributed by atoms with Crippen molar-refractivity contribution in [2.45, 2.75) is 11.8 Å². The van der Waals surface area contributed by atoms with E-state index in [9.17, 15) is 4.79 Å². The van der Waals surface area contributed by atoms with Crippen LogP contribution in [0.15, 0.2) is 30.7 Å². The molecule has 0 saturated carbocycles. The molecule has 0 radical (unpaired) electrons. The number of alkyl halides is 1. The van der Waals surface area contributed by atoms with Crippen molar-refractivity contribution in [1.82, 2.24) is 14.8 Å². The second-order valence-corrected chi connectivity index (χ2v) is 4.91. The first-order valence-corrected chi connectivity index (χ1v) is 6.79. The summed E-state index contributed by atoms with van der Waals surface area (Å²) in [5.74, 6) is -0.307. The molecule has 0 aliphatic rings. The summed E-state index contributed by atoms with van der Waals surface area (Å²) in [6, 6.07) is 3.71. The fourth-order valence-corrected chi connectivity index (χ4v) is 2.03. The van der Waals surface area contributed by atoms with Gasteiger partial charge >= 0.3 is 5.97 Å². The second kappa shape index (κ2) is 5.97. The molecule has 19 heavy (non-hydrogen) atoms. The zero-order valence-electron chi connectivity index (χ0n) is 10.7. The maximum Gasteiger partial charge on any atom is 0.324 e. The Kier molecular flexibility index (Phi) is 4.31. The smallest absolute Gasteiger partial charge is 0.324 e. The van der Waals surface area contributed by atoms with E-state index in [-0.39, 0.29) is 5.97 Å². The van der Waals surface area contributed by atoms with Crippen LogP contribution in [0.1, 0.15) is 17.3 Å². The van der Waals surface area contributed by atoms with Crippen LogP contribution >= 0.6 is 15.9 Å². The third-order valence-electron chi connectivity index (χ3n) is 2.57. The van der Waals surface area contributed by atoms with Crippen molar-refractivity contribution in [2.24, 2.45) is 7.05 Å². The van der Waals surface area contributed by atoms with Crippen LogP contribution in [0.3, 0.4) is 0 Å². The number of ether oxygens (including phenoxy) is 1. The number of nitrogens with zero attached hydrogens (tertiary/aromatic N) is 3. The van der Waals surface area contributed by atoms with E-state index in [0.717, 1.165) is 16.8 Å². The lowest BCUT2D eigenvalue weighted by molar-refractivity contribution is -0.142. The summed E-state index contributed by atoms with van der Waals surface area (Å²) in [4.78, 5) is 15.4. The summed E-state index contributed by atoms with van der Waals surface area (Å²) in [6.07, 6.45) is 5.30. The SMILES string of the molecule is CCOC(=O)C(Br)c1ccc(-c2cnn(C)c2)nc1. The Hall–Kier alpha value is -1.69. The van der Waals surface area contributed by atoms with Crippen LogP contribution in [-0.4, -0.2) is 27.3 Å². The largest absolute Gasteiger partial charge is 0.465 e. The summed E-state index contributed by atoms with van der Waals surface area (Å²) in [5, 5.41) is 4.10. The first-order chi connectivity index (χ1) is 9.11. The van der Waals surface area contributed by atoms with Crippen molar-refractivity contribution in [1.29, 1.82) is 0 Å². The van der Waals surface area contributed by atoms with E-state index < -0.39 is 4.83 Å². The third-order valence-corrected chi connectivity index (χ3v) is 3.48. The molecule has 1 unspecified atom stereocenters. The molecule has 2 aromatic rings. The fraction of sp³-hybridized carbons (Fsp3) is 0.308. The predicted molar refractivity (Wildman–Crippen MR) is 74.7 cm³/mol. The van der Waals surface area contributed by atoms with Crippen molar-refractivity contribution >= 4 is 21.9 Å². The van der Waals surface area contributed by atoms with E-state index in [2.05, 4.69) is 26.0 Å². The highest BCUT2D eigenvalue weighted by atomic mass is 79.9. The van der Waals surface area contributed by atoms with Gasteiger partial charge in [-0.2, -0.15) is 5.10 Å². The van der Waals surface area contributed by atoms with Crippen molar-refractivity contribution < 1.29 is 9.53 Å². The lowest BCUT2D eigenvalue weighted by atomic mass is 10.1. The van der Waals surface area contributed by atoms with Gasteiger partial charge in [0.25, 0.3) is 0 Å². The van der Waals surface area contributed by atoms with Gasteiger partial charge < -0.3 is 4.74 Å². The second-order valence-electron chi connectivity index (χ2n) is 3.99. The average Bonchev–Trinajstić information content (AvgIpc) is 2.85. The van der Waals surface area contributed by atoms with Crippen LogP contribution in [0, 0.1) is 0 Å². The Balaban J connectivity index is 2.16. The number of pyridine rings is 1. The van der Waals surface area contributed by atoms with Crippen molar-refractivity contribution in [3.05, 3.63) is 36.3 Å². The molecule has 6 heteroatoms. The summed E-state index contributed by atoms with van der Waals surface area (Å²) < 4.78 is 6.67. The molecule has 0 aliphatic carbocycles. The van der Waals surface area contributed by atoms with Gasteiger partial charge in [-0.15, -0.1) is 0 Å². The van der Waals surface area contributed by atoms with Gasteiger partial charge in [0.2, 0.25) is 0 Å². The molecule has 5 nitrogen and oxygen atoms in total. The lowest BCUT2D eigenvalue weighted by Crippen LogP contribution is -2.10. The summed E-state index contributed by atoms with van der Waals surface area (Å²) >= 11 is 3.31. The number of aromatic nitrogens is 3. The number of aryl methyl sites for hydroxylation is 1. The fourth-order valence-electron chi connectivity index (χ4n) is 1.63. The first kappa shape index (κ1) is 13.7. The molecular weight excluding hydrogens is 310 g/mol. The maximum atomic E-state index is 11.6. The average molecular weight is 324 g/mol. The Morgan fingerprint density at radius 2 is 2.26 bits per heavy atom. The van der Waals surface area contributed by atoms with Gasteiger partial charge in [-0.25, -0.2) is 0 Å².